The van der Waals surface area contributed by atoms with Crippen LogP contribution in [0, 0.1) is 0 Å². The van der Waals surface area contributed by atoms with Gasteiger partial charge >= 0.3 is 0 Å². The molecule has 1 aliphatic heterocycles. The molecule has 0 unspecified atom stereocenters. The third-order valence-electron chi connectivity index (χ3n) is 5.72. The van der Waals surface area contributed by atoms with Crippen molar-refractivity contribution in [3.8, 4) is 0 Å². The Morgan fingerprint density at radius 1 is 1.07 bits per heavy atom. The smallest absolute Gasteiger partial charge is 0.220 e. The van der Waals surface area contributed by atoms with Crippen molar-refractivity contribution < 1.29 is 4.79 Å². The largest absolute Gasteiger partial charge is 0.353 e. The number of piperidine rings is 1. The summed E-state index contributed by atoms with van der Waals surface area (Å²) >= 11 is 0. The van der Waals surface area contributed by atoms with Crippen molar-refractivity contribution in [3.63, 3.8) is 0 Å². The minimum absolute atomic E-state index is 0.154. The SMILES string of the molecule is CC(C)n1c(N2CCC(NC(=O)CCc3ccccc3)CC2)nc2ccccc21. The van der Waals surface area contributed by atoms with E-state index in [0.29, 0.717) is 12.5 Å². The minimum Gasteiger partial charge on any atom is -0.353 e. The average molecular weight is 391 g/mol. The number of nitrogens with zero attached hydrogens (tertiary/aromatic N) is 3. The van der Waals surface area contributed by atoms with Crippen LogP contribution in [0.1, 0.15) is 44.7 Å². The molecule has 4 rings (SSSR count). The van der Waals surface area contributed by atoms with Crippen LogP contribution in [-0.2, 0) is 11.2 Å². The molecule has 0 spiro atoms. The van der Waals surface area contributed by atoms with Gasteiger partial charge in [0, 0.05) is 31.6 Å². The van der Waals surface area contributed by atoms with Crippen LogP contribution >= 0.6 is 0 Å². The molecule has 0 aliphatic carbocycles. The Labute approximate surface area is 172 Å². The molecule has 0 radical (unpaired) electrons. The normalized spacial score (nSPS) is 15.2. The van der Waals surface area contributed by atoms with E-state index in [0.717, 1.165) is 43.8 Å². The molecule has 0 saturated carbocycles. The van der Waals surface area contributed by atoms with Gasteiger partial charge in [0.2, 0.25) is 11.9 Å². The van der Waals surface area contributed by atoms with Crippen LogP contribution in [0.5, 0.6) is 0 Å². The highest BCUT2D eigenvalue weighted by atomic mass is 16.1. The zero-order valence-corrected chi connectivity index (χ0v) is 17.3. The molecular formula is C24H30N4O. The van der Waals surface area contributed by atoms with E-state index in [4.69, 9.17) is 4.98 Å². The van der Waals surface area contributed by atoms with Crippen LogP contribution in [0.2, 0.25) is 0 Å². The Hall–Kier alpha value is -2.82. The fourth-order valence-corrected chi connectivity index (χ4v) is 4.19. The Bertz CT molecular complexity index is 955. The van der Waals surface area contributed by atoms with E-state index in [1.807, 2.05) is 24.3 Å². The fraction of sp³-hybridized carbons (Fsp3) is 0.417. The van der Waals surface area contributed by atoms with Crippen LogP contribution in [0.3, 0.4) is 0 Å². The van der Waals surface area contributed by atoms with E-state index in [9.17, 15) is 4.79 Å². The first-order valence-corrected chi connectivity index (χ1v) is 10.7. The Morgan fingerprint density at radius 3 is 2.48 bits per heavy atom. The standard InChI is InChI=1S/C24H30N4O/c1-18(2)28-22-11-7-6-10-21(22)26-24(28)27-16-14-20(15-17-27)25-23(29)13-12-19-8-4-3-5-9-19/h3-11,18,20H,12-17H2,1-2H3,(H,25,29). The van der Waals surface area contributed by atoms with Crippen LogP contribution in [0.15, 0.2) is 54.6 Å². The zero-order valence-electron chi connectivity index (χ0n) is 17.3. The van der Waals surface area contributed by atoms with Gasteiger partial charge in [0.1, 0.15) is 0 Å². The zero-order chi connectivity index (χ0) is 20.2. The van der Waals surface area contributed by atoms with Gasteiger partial charge in [0.05, 0.1) is 11.0 Å². The summed E-state index contributed by atoms with van der Waals surface area (Å²) in [5, 5.41) is 3.23. The number of carbonyl (C=O) groups excluding carboxylic acids is 1. The number of amides is 1. The first kappa shape index (κ1) is 19.5. The molecule has 0 atom stereocenters. The van der Waals surface area contributed by atoms with Gasteiger partial charge in [-0.1, -0.05) is 42.5 Å². The number of aryl methyl sites for hydroxylation is 1. The van der Waals surface area contributed by atoms with Gasteiger partial charge in [-0.25, -0.2) is 4.98 Å². The molecule has 1 aromatic heterocycles. The topological polar surface area (TPSA) is 50.2 Å². The maximum absolute atomic E-state index is 12.4. The molecule has 0 bridgehead atoms. The van der Waals surface area contributed by atoms with E-state index in [2.05, 4.69) is 59.0 Å². The average Bonchev–Trinajstić information content (AvgIpc) is 3.13. The quantitative estimate of drug-likeness (QED) is 0.681. The molecule has 2 aromatic carbocycles. The Morgan fingerprint density at radius 2 is 1.76 bits per heavy atom. The molecule has 152 valence electrons. The fourth-order valence-electron chi connectivity index (χ4n) is 4.19. The number of anilines is 1. The summed E-state index contributed by atoms with van der Waals surface area (Å²) in [5.41, 5.74) is 3.45. The van der Waals surface area contributed by atoms with Gasteiger partial charge < -0.3 is 14.8 Å². The third-order valence-corrected chi connectivity index (χ3v) is 5.72. The van der Waals surface area contributed by atoms with E-state index in [1.54, 1.807) is 0 Å². The summed E-state index contributed by atoms with van der Waals surface area (Å²) in [4.78, 5) is 19.6. The number of rotatable bonds is 6. The summed E-state index contributed by atoms with van der Waals surface area (Å²) in [6.07, 6.45) is 3.26. The maximum Gasteiger partial charge on any atom is 0.220 e. The van der Waals surface area contributed by atoms with Crippen molar-refractivity contribution in [2.75, 3.05) is 18.0 Å². The molecular weight excluding hydrogens is 360 g/mol. The second-order valence-corrected chi connectivity index (χ2v) is 8.18. The van der Waals surface area contributed by atoms with Crippen molar-refractivity contribution in [1.82, 2.24) is 14.9 Å². The molecule has 3 aromatic rings. The third kappa shape index (κ3) is 4.44. The molecule has 29 heavy (non-hydrogen) atoms. The minimum atomic E-state index is 0.154. The lowest BCUT2D eigenvalue weighted by atomic mass is 10.0. The summed E-state index contributed by atoms with van der Waals surface area (Å²) in [5.74, 6) is 1.21. The number of hydrogen-bond acceptors (Lipinski definition) is 3. The van der Waals surface area contributed by atoms with Gasteiger partial charge in [-0.2, -0.15) is 0 Å². The highest BCUT2D eigenvalue weighted by Gasteiger charge is 2.25. The van der Waals surface area contributed by atoms with E-state index >= 15 is 0 Å². The molecule has 1 amide bonds. The highest BCUT2D eigenvalue weighted by Crippen LogP contribution is 2.28. The van der Waals surface area contributed by atoms with Crippen molar-refractivity contribution in [1.29, 1.82) is 0 Å². The predicted octanol–water partition coefficient (Wildman–Crippen LogP) is 4.34. The molecule has 1 N–H and O–H groups in total. The molecule has 1 saturated heterocycles. The van der Waals surface area contributed by atoms with Crippen LogP contribution < -0.4 is 10.2 Å². The second-order valence-electron chi connectivity index (χ2n) is 8.18. The Kier molecular flexibility index (Phi) is 5.84. The lowest BCUT2D eigenvalue weighted by molar-refractivity contribution is -0.121. The number of fused-ring (bicyclic) bond motifs is 1. The monoisotopic (exact) mass is 390 g/mol. The molecule has 2 heterocycles. The number of benzene rings is 2. The van der Waals surface area contributed by atoms with Gasteiger partial charge in [-0.3, -0.25) is 4.79 Å². The number of imidazole rings is 1. The van der Waals surface area contributed by atoms with Crippen LogP contribution in [0.25, 0.3) is 11.0 Å². The molecule has 5 heteroatoms. The number of para-hydroxylation sites is 2. The Balaban J connectivity index is 1.34. The highest BCUT2D eigenvalue weighted by molar-refractivity contribution is 5.79. The van der Waals surface area contributed by atoms with Crippen molar-refractivity contribution in [3.05, 3.63) is 60.2 Å². The maximum atomic E-state index is 12.4. The van der Waals surface area contributed by atoms with Gasteiger partial charge in [-0.05, 0) is 50.8 Å². The lowest BCUT2D eigenvalue weighted by Crippen LogP contribution is -2.45. The van der Waals surface area contributed by atoms with Crippen molar-refractivity contribution in [2.45, 2.75) is 51.6 Å². The molecule has 1 aliphatic rings. The lowest BCUT2D eigenvalue weighted by Gasteiger charge is -2.34. The van der Waals surface area contributed by atoms with Gasteiger partial charge in [-0.15, -0.1) is 0 Å². The van der Waals surface area contributed by atoms with Crippen molar-refractivity contribution in [2.24, 2.45) is 0 Å². The number of aromatic nitrogens is 2. The van der Waals surface area contributed by atoms with E-state index in [-0.39, 0.29) is 11.9 Å². The van der Waals surface area contributed by atoms with E-state index < -0.39 is 0 Å². The summed E-state index contributed by atoms with van der Waals surface area (Å²) in [6, 6.07) is 19.2. The summed E-state index contributed by atoms with van der Waals surface area (Å²) in [6.45, 7) is 6.24. The predicted molar refractivity (Wildman–Crippen MR) is 118 cm³/mol. The first-order chi connectivity index (χ1) is 14.1. The van der Waals surface area contributed by atoms with Gasteiger partial charge in [0.15, 0.2) is 0 Å². The van der Waals surface area contributed by atoms with E-state index in [1.165, 1.54) is 11.1 Å². The van der Waals surface area contributed by atoms with Gasteiger partial charge in [0.25, 0.3) is 0 Å². The summed E-state index contributed by atoms with van der Waals surface area (Å²) < 4.78 is 2.33. The molecule has 5 nitrogen and oxygen atoms in total. The first-order valence-electron chi connectivity index (χ1n) is 10.7. The van der Waals surface area contributed by atoms with Crippen molar-refractivity contribution >= 4 is 22.9 Å². The van der Waals surface area contributed by atoms with Crippen LogP contribution in [0.4, 0.5) is 5.95 Å². The van der Waals surface area contributed by atoms with Crippen LogP contribution in [-0.4, -0.2) is 34.6 Å². The number of carbonyl (C=O) groups is 1. The number of hydrogen-bond donors (Lipinski definition) is 1. The summed E-state index contributed by atoms with van der Waals surface area (Å²) in [7, 11) is 0. The second kappa shape index (κ2) is 8.68. The molecule has 1 fully saturated rings. The number of nitrogens with one attached hydrogen (secondary N) is 1.